The molecule has 84 valence electrons. The van der Waals surface area contributed by atoms with Crippen molar-refractivity contribution >= 4 is 5.69 Å². The molecule has 6 heteroatoms. The Morgan fingerprint density at radius 1 is 1.29 bits per heavy atom. The lowest BCUT2D eigenvalue weighted by Gasteiger charge is -2.06. The van der Waals surface area contributed by atoms with Gasteiger partial charge < -0.3 is 5.11 Å². The van der Waals surface area contributed by atoms with Crippen LogP contribution < -0.4 is 5.56 Å². The molecule has 0 aliphatic carbocycles. The molecule has 0 unspecified atom stereocenters. The first kappa shape index (κ1) is 10.8. The molecule has 17 heavy (non-hydrogen) atoms. The van der Waals surface area contributed by atoms with E-state index in [4.69, 9.17) is 5.53 Å². The van der Waals surface area contributed by atoms with Gasteiger partial charge in [-0.25, -0.2) is 0 Å². The molecule has 6 nitrogen and oxygen atoms in total. The lowest BCUT2D eigenvalue weighted by molar-refractivity contribution is 0.476. The zero-order valence-electron chi connectivity index (χ0n) is 8.69. The predicted molar refractivity (Wildman–Crippen MR) is 62.5 cm³/mol. The van der Waals surface area contributed by atoms with Crippen LogP contribution in [0.4, 0.5) is 5.69 Å². The van der Waals surface area contributed by atoms with Crippen molar-refractivity contribution in [3.63, 3.8) is 0 Å². The van der Waals surface area contributed by atoms with Gasteiger partial charge in [0, 0.05) is 23.2 Å². The summed E-state index contributed by atoms with van der Waals surface area (Å²) in [4.78, 5) is 14.1. The van der Waals surface area contributed by atoms with Crippen molar-refractivity contribution in [2.75, 3.05) is 0 Å². The van der Waals surface area contributed by atoms with Gasteiger partial charge in [-0.2, -0.15) is 0 Å². The monoisotopic (exact) mass is 228 g/mol. The summed E-state index contributed by atoms with van der Waals surface area (Å²) in [6, 6.07) is 9.16. The van der Waals surface area contributed by atoms with E-state index in [2.05, 4.69) is 10.0 Å². The summed E-state index contributed by atoms with van der Waals surface area (Å²) in [6.45, 7) is 0. The Morgan fingerprint density at radius 2 is 2.12 bits per heavy atom. The molecule has 2 aromatic rings. The molecule has 1 heterocycles. The molecule has 0 aliphatic rings. The second-order valence-electron chi connectivity index (χ2n) is 3.27. The van der Waals surface area contributed by atoms with Gasteiger partial charge in [0.2, 0.25) is 0 Å². The second kappa shape index (κ2) is 4.42. The van der Waals surface area contributed by atoms with E-state index in [1.807, 2.05) is 0 Å². The number of rotatable bonds is 2. The minimum absolute atomic E-state index is 0.125. The highest BCUT2D eigenvalue weighted by Gasteiger charge is 2.03. The zero-order valence-corrected chi connectivity index (χ0v) is 8.69. The third-order valence-electron chi connectivity index (χ3n) is 2.21. The lowest BCUT2D eigenvalue weighted by Crippen LogP contribution is -2.15. The Hall–Kier alpha value is -2.72. The molecule has 0 aliphatic heterocycles. The van der Waals surface area contributed by atoms with Crippen LogP contribution in [0.25, 0.3) is 16.1 Å². The number of azide groups is 1. The van der Waals surface area contributed by atoms with E-state index in [9.17, 15) is 9.90 Å². The van der Waals surface area contributed by atoms with Crippen LogP contribution in [0.3, 0.4) is 0 Å². The number of benzene rings is 1. The van der Waals surface area contributed by atoms with Crippen LogP contribution in [-0.2, 0) is 0 Å². The molecule has 0 saturated carbocycles. The van der Waals surface area contributed by atoms with Gasteiger partial charge in [-0.1, -0.05) is 11.2 Å². The maximum Gasteiger partial charge on any atom is 0.255 e. The fourth-order valence-corrected chi connectivity index (χ4v) is 1.44. The molecule has 2 rings (SSSR count). The number of hydrogen-bond acceptors (Lipinski definition) is 3. The highest BCUT2D eigenvalue weighted by Crippen LogP contribution is 2.28. The molecule has 0 fully saturated rings. The normalized spacial score (nSPS) is 9.65. The quantitative estimate of drug-likeness (QED) is 0.486. The van der Waals surface area contributed by atoms with Gasteiger partial charge in [0.25, 0.3) is 5.56 Å². The number of phenolic OH excluding ortho intramolecular Hbond substituents is 1. The van der Waals surface area contributed by atoms with Gasteiger partial charge in [-0.15, -0.1) is 0 Å². The van der Waals surface area contributed by atoms with Crippen molar-refractivity contribution in [3.05, 3.63) is 63.4 Å². The van der Waals surface area contributed by atoms with E-state index in [-0.39, 0.29) is 17.0 Å². The van der Waals surface area contributed by atoms with Crippen LogP contribution >= 0.6 is 0 Å². The first-order valence-corrected chi connectivity index (χ1v) is 4.78. The zero-order chi connectivity index (χ0) is 12.3. The van der Waals surface area contributed by atoms with Crippen LogP contribution in [0.1, 0.15) is 0 Å². The number of nitrogens with zero attached hydrogens (tertiary/aromatic N) is 4. The van der Waals surface area contributed by atoms with Crippen molar-refractivity contribution in [2.24, 2.45) is 5.11 Å². The number of phenols is 1. The smallest absolute Gasteiger partial charge is 0.255 e. The van der Waals surface area contributed by atoms with Crippen LogP contribution in [0.15, 0.2) is 52.5 Å². The van der Waals surface area contributed by atoms with Crippen molar-refractivity contribution in [2.45, 2.75) is 0 Å². The van der Waals surface area contributed by atoms with Crippen molar-refractivity contribution < 1.29 is 5.11 Å². The topological polar surface area (TPSA) is 91.0 Å². The number of hydrogen-bond donors (Lipinski definition) is 1. The number of aromatic hydroxyl groups is 1. The maximum absolute atomic E-state index is 11.5. The first-order chi connectivity index (χ1) is 8.22. The van der Waals surface area contributed by atoms with Gasteiger partial charge in [0.15, 0.2) is 0 Å². The summed E-state index contributed by atoms with van der Waals surface area (Å²) in [5.41, 5.74) is 8.69. The molecular formula is C11H8N4O2. The van der Waals surface area contributed by atoms with Gasteiger partial charge in [0.1, 0.15) is 5.75 Å². The Balaban J connectivity index is 2.56. The lowest BCUT2D eigenvalue weighted by atomic mass is 10.2. The molecule has 0 bridgehead atoms. The highest BCUT2D eigenvalue weighted by molar-refractivity contribution is 5.56. The molecule has 0 radical (unpaired) electrons. The summed E-state index contributed by atoms with van der Waals surface area (Å²) in [6.07, 6.45) is 1.59. The van der Waals surface area contributed by atoms with E-state index >= 15 is 0 Å². The molecule has 1 aromatic carbocycles. The number of aromatic nitrogens is 1. The van der Waals surface area contributed by atoms with Crippen LogP contribution in [0.5, 0.6) is 5.75 Å². The molecule has 0 atom stereocenters. The molecule has 1 aromatic heterocycles. The van der Waals surface area contributed by atoms with Gasteiger partial charge >= 0.3 is 0 Å². The Labute approximate surface area is 96.0 Å². The third-order valence-corrected chi connectivity index (χ3v) is 2.21. The summed E-state index contributed by atoms with van der Waals surface area (Å²) in [7, 11) is 0. The molecule has 0 amide bonds. The van der Waals surface area contributed by atoms with E-state index in [1.165, 1.54) is 22.8 Å². The highest BCUT2D eigenvalue weighted by atomic mass is 16.3. The minimum Gasteiger partial charge on any atom is -0.507 e. The summed E-state index contributed by atoms with van der Waals surface area (Å²) in [5, 5.41) is 12.9. The fourth-order valence-electron chi connectivity index (χ4n) is 1.44. The Morgan fingerprint density at radius 3 is 2.76 bits per heavy atom. The largest absolute Gasteiger partial charge is 0.507 e. The van der Waals surface area contributed by atoms with E-state index in [0.29, 0.717) is 5.69 Å². The standard InChI is InChI=1S/C11H8N4O2/c12-14-13-9-5-4-8(7-10(9)16)15-6-2-1-3-11(15)17/h1-7,16H. The van der Waals surface area contributed by atoms with Gasteiger partial charge in [-0.3, -0.25) is 9.36 Å². The molecule has 0 spiro atoms. The summed E-state index contributed by atoms with van der Waals surface area (Å²) < 4.78 is 1.37. The molecular weight excluding hydrogens is 220 g/mol. The van der Waals surface area contributed by atoms with E-state index in [1.54, 1.807) is 24.4 Å². The summed E-state index contributed by atoms with van der Waals surface area (Å²) >= 11 is 0. The third kappa shape index (κ3) is 2.11. The first-order valence-electron chi connectivity index (χ1n) is 4.78. The SMILES string of the molecule is [N-]=[N+]=Nc1ccc(-n2ccccc2=O)cc1O. The van der Waals surface area contributed by atoms with Crippen molar-refractivity contribution in [3.8, 4) is 11.4 Å². The van der Waals surface area contributed by atoms with Gasteiger partial charge in [0.05, 0.1) is 11.4 Å². The van der Waals surface area contributed by atoms with E-state index in [0.717, 1.165) is 0 Å². The van der Waals surface area contributed by atoms with Gasteiger partial charge in [-0.05, 0) is 23.7 Å². The fraction of sp³-hybridized carbons (Fsp3) is 0. The minimum atomic E-state index is -0.205. The average Bonchev–Trinajstić information content (AvgIpc) is 2.33. The predicted octanol–water partition coefficient (Wildman–Crippen LogP) is 2.48. The van der Waals surface area contributed by atoms with Crippen LogP contribution in [0, 0.1) is 0 Å². The Kier molecular flexibility index (Phi) is 2.81. The van der Waals surface area contributed by atoms with Crippen molar-refractivity contribution in [1.82, 2.24) is 4.57 Å². The van der Waals surface area contributed by atoms with E-state index < -0.39 is 0 Å². The molecule has 1 N–H and O–H groups in total. The second-order valence-corrected chi connectivity index (χ2v) is 3.27. The van der Waals surface area contributed by atoms with Crippen LogP contribution in [0.2, 0.25) is 0 Å². The summed E-state index contributed by atoms with van der Waals surface area (Å²) in [5.74, 6) is -0.170. The Bertz CT molecular complexity index is 657. The van der Waals surface area contributed by atoms with Crippen molar-refractivity contribution in [1.29, 1.82) is 0 Å². The van der Waals surface area contributed by atoms with Crippen LogP contribution in [-0.4, -0.2) is 9.67 Å². The maximum atomic E-state index is 11.5. The number of pyridine rings is 1. The average molecular weight is 228 g/mol. The molecule has 0 saturated heterocycles.